The predicted molar refractivity (Wildman–Crippen MR) is 128 cm³/mol. The van der Waals surface area contributed by atoms with Crippen LogP contribution in [0.3, 0.4) is 0 Å². The molecule has 0 atom stereocenters. The molecule has 0 aromatic carbocycles. The Morgan fingerprint density at radius 3 is 2.38 bits per heavy atom. The van der Waals surface area contributed by atoms with Gasteiger partial charge in [0.1, 0.15) is 5.60 Å². The van der Waals surface area contributed by atoms with E-state index in [-0.39, 0.29) is 30.1 Å². The van der Waals surface area contributed by atoms with Gasteiger partial charge in [-0.3, -0.25) is 4.99 Å². The highest BCUT2D eigenvalue weighted by molar-refractivity contribution is 14.0. The number of hydrogen-bond donors (Lipinski definition) is 2. The van der Waals surface area contributed by atoms with Gasteiger partial charge >= 0.3 is 6.09 Å². The highest BCUT2D eigenvalue weighted by atomic mass is 127. The largest absolute Gasteiger partial charge is 0.444 e. The number of likely N-dealkylation sites (tertiary alicyclic amines) is 1. The Morgan fingerprint density at radius 1 is 1.10 bits per heavy atom. The van der Waals surface area contributed by atoms with E-state index < -0.39 is 5.60 Å². The Morgan fingerprint density at radius 2 is 1.79 bits per heavy atom. The number of aliphatic imine (C=N–C) groups is 1. The average molecular weight is 524 g/mol. The van der Waals surface area contributed by atoms with Crippen LogP contribution in [-0.2, 0) is 9.47 Å². The zero-order chi connectivity index (χ0) is 20.4. The first-order valence-corrected chi connectivity index (χ1v) is 10.9. The summed E-state index contributed by atoms with van der Waals surface area (Å²) in [5.41, 5.74) is -0.437. The lowest BCUT2D eigenvalue weighted by Crippen LogP contribution is -2.42. The van der Waals surface area contributed by atoms with E-state index in [0.717, 1.165) is 77.1 Å². The highest BCUT2D eigenvalue weighted by Gasteiger charge is 2.26. The maximum Gasteiger partial charge on any atom is 0.410 e. The molecular weight excluding hydrogens is 483 g/mol. The SMILES string of the molecule is CCNC(=NCC1CCN(C(=O)OC(C)(C)C)CC1)NCCCOCC1CC1.I. The van der Waals surface area contributed by atoms with Gasteiger partial charge in [0, 0.05) is 45.9 Å². The second kappa shape index (κ2) is 13.5. The van der Waals surface area contributed by atoms with E-state index in [1.165, 1.54) is 12.8 Å². The van der Waals surface area contributed by atoms with Crippen molar-refractivity contribution in [3.63, 3.8) is 0 Å². The Balaban J connectivity index is 0.00000420. The van der Waals surface area contributed by atoms with Crippen LogP contribution >= 0.6 is 24.0 Å². The predicted octanol–water partition coefficient (Wildman–Crippen LogP) is 3.62. The van der Waals surface area contributed by atoms with Gasteiger partial charge in [-0.15, -0.1) is 24.0 Å². The number of ether oxygens (including phenoxy) is 2. The Kier molecular flexibility index (Phi) is 12.2. The van der Waals surface area contributed by atoms with E-state index in [9.17, 15) is 4.79 Å². The van der Waals surface area contributed by atoms with Gasteiger partial charge in [-0.25, -0.2) is 4.79 Å². The fraction of sp³-hybridized carbons (Fsp3) is 0.905. The van der Waals surface area contributed by atoms with Crippen LogP contribution in [0.2, 0.25) is 0 Å². The van der Waals surface area contributed by atoms with E-state index in [1.807, 2.05) is 25.7 Å². The van der Waals surface area contributed by atoms with Crippen molar-refractivity contribution in [1.82, 2.24) is 15.5 Å². The average Bonchev–Trinajstić information content (AvgIpc) is 3.45. The van der Waals surface area contributed by atoms with Crippen molar-refractivity contribution in [2.24, 2.45) is 16.8 Å². The van der Waals surface area contributed by atoms with Crippen LogP contribution in [-0.4, -0.2) is 68.5 Å². The molecule has 1 aliphatic carbocycles. The molecule has 0 spiro atoms. The molecule has 1 saturated carbocycles. The normalized spacial score (nSPS) is 18.2. The zero-order valence-corrected chi connectivity index (χ0v) is 21.0. The van der Waals surface area contributed by atoms with Gasteiger partial charge in [-0.1, -0.05) is 0 Å². The van der Waals surface area contributed by atoms with E-state index in [2.05, 4.69) is 17.6 Å². The summed E-state index contributed by atoms with van der Waals surface area (Å²) in [6.45, 7) is 13.5. The molecule has 8 heteroatoms. The Labute approximate surface area is 193 Å². The van der Waals surface area contributed by atoms with Crippen molar-refractivity contribution in [1.29, 1.82) is 0 Å². The van der Waals surface area contributed by atoms with E-state index >= 15 is 0 Å². The molecule has 1 amide bonds. The van der Waals surface area contributed by atoms with Gasteiger partial charge in [0.05, 0.1) is 0 Å². The number of rotatable bonds is 9. The summed E-state index contributed by atoms with van der Waals surface area (Å²) in [6, 6.07) is 0. The number of piperidine rings is 1. The standard InChI is InChI=1S/C21H40N4O3.HI/c1-5-22-19(23-11-6-14-27-16-18-7-8-18)24-15-17-9-12-25(13-10-17)20(26)28-21(2,3)4;/h17-18H,5-16H2,1-4H3,(H2,22,23,24);1H. The number of nitrogens with one attached hydrogen (secondary N) is 2. The quantitative estimate of drug-likeness (QED) is 0.209. The van der Waals surface area contributed by atoms with E-state index in [4.69, 9.17) is 14.5 Å². The molecule has 7 nitrogen and oxygen atoms in total. The lowest BCUT2D eigenvalue weighted by atomic mass is 9.97. The van der Waals surface area contributed by atoms with E-state index in [0.29, 0.717) is 5.92 Å². The molecule has 170 valence electrons. The molecule has 0 unspecified atom stereocenters. The van der Waals surface area contributed by atoms with Gasteiger partial charge in [0.25, 0.3) is 0 Å². The zero-order valence-electron chi connectivity index (χ0n) is 18.7. The fourth-order valence-electron chi connectivity index (χ4n) is 3.10. The Bertz CT molecular complexity index is 499. The van der Waals surface area contributed by atoms with Crippen LogP contribution in [0, 0.1) is 11.8 Å². The van der Waals surface area contributed by atoms with Gasteiger partial charge in [0.15, 0.2) is 5.96 Å². The van der Waals surface area contributed by atoms with Crippen LogP contribution in [0.15, 0.2) is 4.99 Å². The number of hydrogen-bond acceptors (Lipinski definition) is 4. The fourth-order valence-corrected chi connectivity index (χ4v) is 3.10. The molecule has 1 saturated heterocycles. The third kappa shape index (κ3) is 11.9. The number of carbonyl (C=O) groups excluding carboxylic acids is 1. The molecule has 1 aliphatic heterocycles. The molecule has 2 fully saturated rings. The first-order valence-electron chi connectivity index (χ1n) is 10.9. The van der Waals surface area contributed by atoms with Gasteiger partial charge < -0.3 is 25.0 Å². The first-order chi connectivity index (χ1) is 13.4. The van der Waals surface area contributed by atoms with Crippen LogP contribution < -0.4 is 10.6 Å². The van der Waals surface area contributed by atoms with E-state index in [1.54, 1.807) is 0 Å². The maximum atomic E-state index is 12.2. The van der Waals surface area contributed by atoms with Crippen molar-refractivity contribution >= 4 is 36.0 Å². The number of amides is 1. The topological polar surface area (TPSA) is 75.2 Å². The lowest BCUT2D eigenvalue weighted by Gasteiger charge is -2.33. The molecular formula is C21H41IN4O3. The second-order valence-corrected chi connectivity index (χ2v) is 8.93. The number of halogens is 1. The lowest BCUT2D eigenvalue weighted by molar-refractivity contribution is 0.0187. The van der Waals surface area contributed by atoms with Gasteiger partial charge in [0.2, 0.25) is 0 Å². The molecule has 0 bridgehead atoms. The van der Waals surface area contributed by atoms with Crippen LogP contribution in [0.5, 0.6) is 0 Å². The maximum absolute atomic E-state index is 12.2. The Hall–Kier alpha value is -0.770. The summed E-state index contributed by atoms with van der Waals surface area (Å²) in [6.07, 6.45) is 5.41. The minimum Gasteiger partial charge on any atom is -0.444 e. The van der Waals surface area contributed by atoms with Crippen molar-refractivity contribution in [2.45, 2.75) is 65.4 Å². The van der Waals surface area contributed by atoms with Gasteiger partial charge in [-0.05, 0) is 71.6 Å². The minimum atomic E-state index is -0.437. The summed E-state index contributed by atoms with van der Waals surface area (Å²) in [7, 11) is 0. The summed E-state index contributed by atoms with van der Waals surface area (Å²) >= 11 is 0. The second-order valence-electron chi connectivity index (χ2n) is 8.93. The summed E-state index contributed by atoms with van der Waals surface area (Å²) in [5, 5.41) is 6.70. The summed E-state index contributed by atoms with van der Waals surface area (Å²) in [5.74, 6) is 2.21. The third-order valence-corrected chi connectivity index (χ3v) is 4.93. The summed E-state index contributed by atoms with van der Waals surface area (Å²) in [4.78, 5) is 18.7. The third-order valence-electron chi connectivity index (χ3n) is 4.93. The van der Waals surface area contributed by atoms with Crippen molar-refractivity contribution in [3.8, 4) is 0 Å². The van der Waals surface area contributed by atoms with Crippen molar-refractivity contribution < 1.29 is 14.3 Å². The van der Waals surface area contributed by atoms with Crippen molar-refractivity contribution in [2.75, 3.05) is 45.9 Å². The molecule has 2 aliphatic rings. The van der Waals surface area contributed by atoms with Crippen molar-refractivity contribution in [3.05, 3.63) is 0 Å². The minimum absolute atomic E-state index is 0. The molecule has 0 aromatic rings. The van der Waals surface area contributed by atoms with Crippen LogP contribution in [0.25, 0.3) is 0 Å². The van der Waals surface area contributed by atoms with Crippen LogP contribution in [0.4, 0.5) is 4.79 Å². The molecule has 29 heavy (non-hydrogen) atoms. The molecule has 2 N–H and O–H groups in total. The first kappa shape index (κ1) is 26.3. The molecule has 0 aromatic heterocycles. The van der Waals surface area contributed by atoms with Gasteiger partial charge in [-0.2, -0.15) is 0 Å². The number of nitrogens with zero attached hydrogens (tertiary/aromatic N) is 2. The highest BCUT2D eigenvalue weighted by Crippen LogP contribution is 2.28. The smallest absolute Gasteiger partial charge is 0.410 e. The molecule has 2 rings (SSSR count). The molecule has 0 radical (unpaired) electrons. The molecule has 1 heterocycles. The monoisotopic (exact) mass is 524 g/mol. The van der Waals surface area contributed by atoms with Crippen LogP contribution in [0.1, 0.15) is 59.8 Å². The summed E-state index contributed by atoms with van der Waals surface area (Å²) < 4.78 is 11.1. The number of carbonyl (C=O) groups is 1. The number of guanidine groups is 1.